The monoisotopic (exact) mass is 229 g/mol. The van der Waals surface area contributed by atoms with Crippen LogP contribution in [0.2, 0.25) is 0 Å². The topological polar surface area (TPSA) is 52.3 Å². The Bertz CT molecular complexity index is 183. The van der Waals surface area contributed by atoms with Crippen molar-refractivity contribution in [1.29, 1.82) is 0 Å². The fourth-order valence-corrected chi connectivity index (χ4v) is 1.63. The molecule has 3 nitrogen and oxygen atoms in total. The summed E-state index contributed by atoms with van der Waals surface area (Å²) in [7, 11) is 0. The van der Waals surface area contributed by atoms with Gasteiger partial charge in [-0.05, 0) is 18.8 Å². The van der Waals surface area contributed by atoms with Crippen LogP contribution in [0.4, 0.5) is 0 Å². The summed E-state index contributed by atoms with van der Waals surface area (Å²) in [6.45, 7) is 6.87. The van der Waals surface area contributed by atoms with Crippen molar-refractivity contribution in [3.63, 3.8) is 0 Å². The van der Waals surface area contributed by atoms with Crippen LogP contribution in [0.15, 0.2) is 0 Å². The molecule has 1 unspecified atom stereocenters. The lowest BCUT2D eigenvalue weighted by atomic mass is 10.0. The van der Waals surface area contributed by atoms with Gasteiger partial charge in [0.1, 0.15) is 6.04 Å². The first-order valence-corrected chi connectivity index (χ1v) is 6.57. The van der Waals surface area contributed by atoms with Gasteiger partial charge in [0.15, 0.2) is 0 Å². The normalized spacial score (nSPS) is 14.5. The van der Waals surface area contributed by atoms with Gasteiger partial charge in [0.05, 0.1) is 6.61 Å². The Morgan fingerprint density at radius 1 is 1.19 bits per heavy atom. The van der Waals surface area contributed by atoms with E-state index in [9.17, 15) is 4.79 Å². The molecular weight excluding hydrogens is 202 g/mol. The highest BCUT2D eigenvalue weighted by molar-refractivity contribution is 5.75. The third-order valence-electron chi connectivity index (χ3n) is 2.91. The highest BCUT2D eigenvalue weighted by atomic mass is 16.5. The summed E-state index contributed by atoms with van der Waals surface area (Å²) in [5, 5.41) is 0. The summed E-state index contributed by atoms with van der Waals surface area (Å²) in [5.74, 6) is 0.259. The van der Waals surface area contributed by atoms with Crippen molar-refractivity contribution < 1.29 is 9.53 Å². The van der Waals surface area contributed by atoms with E-state index in [1.54, 1.807) is 0 Å². The SMILES string of the molecule is CCCCC(CC)COC(=O)[C@H](N)CCC. The first-order valence-electron chi connectivity index (χ1n) is 6.57. The number of rotatable bonds is 9. The van der Waals surface area contributed by atoms with E-state index in [0.717, 1.165) is 19.3 Å². The van der Waals surface area contributed by atoms with Gasteiger partial charge < -0.3 is 10.5 Å². The second kappa shape index (κ2) is 9.64. The fraction of sp³-hybridized carbons (Fsp3) is 0.923. The molecular formula is C13H27NO2. The smallest absolute Gasteiger partial charge is 0.322 e. The van der Waals surface area contributed by atoms with Crippen LogP contribution in [-0.4, -0.2) is 18.6 Å². The van der Waals surface area contributed by atoms with E-state index < -0.39 is 6.04 Å². The Balaban J connectivity index is 3.78. The zero-order valence-electron chi connectivity index (χ0n) is 11.0. The summed E-state index contributed by atoms with van der Waals surface area (Å²) in [4.78, 5) is 11.5. The van der Waals surface area contributed by atoms with Crippen LogP contribution in [0.25, 0.3) is 0 Å². The lowest BCUT2D eigenvalue weighted by molar-refractivity contribution is -0.146. The van der Waals surface area contributed by atoms with Crippen molar-refractivity contribution in [1.82, 2.24) is 0 Å². The van der Waals surface area contributed by atoms with Gasteiger partial charge in [-0.25, -0.2) is 0 Å². The number of carbonyl (C=O) groups is 1. The first kappa shape index (κ1) is 15.4. The molecule has 0 bridgehead atoms. The Labute approximate surface area is 99.7 Å². The van der Waals surface area contributed by atoms with Gasteiger partial charge in [-0.3, -0.25) is 4.79 Å². The molecule has 0 radical (unpaired) electrons. The molecule has 0 aliphatic heterocycles. The Morgan fingerprint density at radius 2 is 1.88 bits per heavy atom. The zero-order valence-corrected chi connectivity index (χ0v) is 11.0. The largest absolute Gasteiger partial charge is 0.464 e. The molecule has 0 aliphatic rings. The molecule has 0 rings (SSSR count). The van der Waals surface area contributed by atoms with Gasteiger partial charge in [-0.15, -0.1) is 0 Å². The van der Waals surface area contributed by atoms with Crippen LogP contribution < -0.4 is 5.73 Å². The van der Waals surface area contributed by atoms with E-state index in [-0.39, 0.29) is 5.97 Å². The van der Waals surface area contributed by atoms with Gasteiger partial charge in [0.25, 0.3) is 0 Å². The number of hydrogen-bond donors (Lipinski definition) is 1. The van der Waals surface area contributed by atoms with E-state index in [4.69, 9.17) is 10.5 Å². The van der Waals surface area contributed by atoms with Crippen molar-refractivity contribution in [2.75, 3.05) is 6.61 Å². The van der Waals surface area contributed by atoms with E-state index in [2.05, 4.69) is 13.8 Å². The van der Waals surface area contributed by atoms with Crippen LogP contribution in [0.3, 0.4) is 0 Å². The van der Waals surface area contributed by atoms with Crippen LogP contribution in [0, 0.1) is 5.92 Å². The Hall–Kier alpha value is -0.570. The standard InChI is InChI=1S/C13H27NO2/c1-4-7-9-11(6-3)10-16-13(15)12(14)8-5-2/h11-12H,4-10,14H2,1-3H3/t11?,12-/m1/s1. The molecule has 0 fully saturated rings. The Morgan fingerprint density at radius 3 is 2.38 bits per heavy atom. The Kier molecular flexibility index (Phi) is 9.30. The molecule has 2 N–H and O–H groups in total. The second-order valence-corrected chi connectivity index (χ2v) is 4.44. The third-order valence-corrected chi connectivity index (χ3v) is 2.91. The minimum absolute atomic E-state index is 0.239. The van der Waals surface area contributed by atoms with Gasteiger partial charge in [0, 0.05) is 0 Å². The van der Waals surface area contributed by atoms with Crippen molar-refractivity contribution >= 4 is 5.97 Å². The number of esters is 1. The lowest BCUT2D eigenvalue weighted by Gasteiger charge is -2.16. The number of unbranched alkanes of at least 4 members (excludes halogenated alkanes) is 1. The fourth-order valence-electron chi connectivity index (χ4n) is 1.63. The molecule has 0 aromatic heterocycles. The minimum atomic E-state index is -0.436. The van der Waals surface area contributed by atoms with Crippen molar-refractivity contribution in [3.05, 3.63) is 0 Å². The maximum Gasteiger partial charge on any atom is 0.322 e. The maximum atomic E-state index is 11.5. The van der Waals surface area contributed by atoms with Gasteiger partial charge in [-0.2, -0.15) is 0 Å². The molecule has 0 saturated carbocycles. The molecule has 96 valence electrons. The van der Waals surface area contributed by atoms with E-state index in [1.165, 1.54) is 12.8 Å². The molecule has 0 heterocycles. The predicted octanol–water partition coefficient (Wildman–Crippen LogP) is 2.87. The summed E-state index contributed by atoms with van der Waals surface area (Å²) in [5.41, 5.74) is 5.68. The quantitative estimate of drug-likeness (QED) is 0.618. The van der Waals surface area contributed by atoms with Crippen LogP contribution in [-0.2, 0) is 9.53 Å². The number of carbonyl (C=O) groups excluding carboxylic acids is 1. The van der Waals surface area contributed by atoms with E-state index in [0.29, 0.717) is 18.9 Å². The third kappa shape index (κ3) is 6.83. The van der Waals surface area contributed by atoms with Crippen LogP contribution in [0.1, 0.15) is 59.3 Å². The molecule has 3 heteroatoms. The van der Waals surface area contributed by atoms with Gasteiger partial charge >= 0.3 is 5.97 Å². The lowest BCUT2D eigenvalue weighted by Crippen LogP contribution is -2.33. The summed E-state index contributed by atoms with van der Waals surface area (Å²) < 4.78 is 5.24. The van der Waals surface area contributed by atoms with Crippen LogP contribution >= 0.6 is 0 Å². The molecule has 0 aromatic carbocycles. The zero-order chi connectivity index (χ0) is 12.4. The van der Waals surface area contributed by atoms with Crippen molar-refractivity contribution in [3.8, 4) is 0 Å². The van der Waals surface area contributed by atoms with Gasteiger partial charge in [0.2, 0.25) is 0 Å². The molecule has 0 saturated heterocycles. The van der Waals surface area contributed by atoms with E-state index >= 15 is 0 Å². The second-order valence-electron chi connectivity index (χ2n) is 4.44. The molecule has 0 amide bonds. The number of nitrogens with two attached hydrogens (primary N) is 1. The number of ether oxygens (including phenoxy) is 1. The average molecular weight is 229 g/mol. The highest BCUT2D eigenvalue weighted by Crippen LogP contribution is 2.13. The van der Waals surface area contributed by atoms with Gasteiger partial charge in [-0.1, -0.05) is 46.5 Å². The van der Waals surface area contributed by atoms with Crippen LogP contribution in [0.5, 0.6) is 0 Å². The maximum absolute atomic E-state index is 11.5. The first-order chi connectivity index (χ1) is 7.65. The van der Waals surface area contributed by atoms with Crippen molar-refractivity contribution in [2.45, 2.75) is 65.3 Å². The minimum Gasteiger partial charge on any atom is -0.464 e. The molecule has 16 heavy (non-hydrogen) atoms. The predicted molar refractivity (Wildman–Crippen MR) is 67.1 cm³/mol. The molecule has 0 aromatic rings. The molecule has 0 spiro atoms. The summed E-state index contributed by atoms with van der Waals surface area (Å²) in [6.07, 6.45) is 6.24. The average Bonchev–Trinajstić information content (AvgIpc) is 2.29. The van der Waals surface area contributed by atoms with E-state index in [1.807, 2.05) is 6.92 Å². The van der Waals surface area contributed by atoms with Crippen molar-refractivity contribution in [2.24, 2.45) is 11.7 Å². The number of hydrogen-bond acceptors (Lipinski definition) is 3. The highest BCUT2D eigenvalue weighted by Gasteiger charge is 2.15. The molecule has 0 aliphatic carbocycles. The summed E-state index contributed by atoms with van der Waals surface area (Å²) in [6, 6.07) is -0.436. The summed E-state index contributed by atoms with van der Waals surface area (Å²) >= 11 is 0. The molecule has 2 atom stereocenters.